The Labute approximate surface area is 283 Å². The monoisotopic (exact) mass is 670 g/mol. The van der Waals surface area contributed by atoms with E-state index >= 15 is 0 Å². The van der Waals surface area contributed by atoms with Gasteiger partial charge < -0.3 is 24.7 Å². The molecular formula is C37H39ClN4O6. The molecule has 5 rings (SSSR count). The van der Waals surface area contributed by atoms with Gasteiger partial charge in [0, 0.05) is 65.0 Å². The van der Waals surface area contributed by atoms with Crippen molar-refractivity contribution in [1.82, 2.24) is 15.2 Å². The van der Waals surface area contributed by atoms with Gasteiger partial charge in [0.25, 0.3) is 11.8 Å². The highest BCUT2D eigenvalue weighted by molar-refractivity contribution is 6.30. The largest absolute Gasteiger partial charge is 0.497 e. The molecule has 0 radical (unpaired) electrons. The maximum Gasteiger partial charge on any atom is 0.349 e. The molecule has 250 valence electrons. The van der Waals surface area contributed by atoms with Gasteiger partial charge in [0.05, 0.1) is 19.0 Å². The standard InChI is InChI=1S/C37H39ClN4O6/c1-5-41(6-2)27-14-11-25-19-31(37(46)48-33(25)20-27)35(44)40-18-8-7-17-39-34(43)22-29-23(3)42(32-16-15-28(47-4)21-30(29)32)36(45)24-9-12-26(38)13-10-24/h9-16,19-21H,5-8,17-18,22H2,1-4H3,(H,39,43)(H,40,44). The number of halogens is 1. The van der Waals surface area contributed by atoms with Crippen molar-refractivity contribution < 1.29 is 23.5 Å². The number of nitrogens with one attached hydrogen (secondary N) is 2. The Balaban J connectivity index is 1.16. The quantitative estimate of drug-likeness (QED) is 0.114. The molecule has 10 nitrogen and oxygen atoms in total. The number of aromatic nitrogens is 1. The molecule has 0 aliphatic heterocycles. The summed E-state index contributed by atoms with van der Waals surface area (Å²) in [5.74, 6) is -0.300. The number of benzene rings is 3. The zero-order chi connectivity index (χ0) is 34.4. The molecule has 0 bridgehead atoms. The van der Waals surface area contributed by atoms with Crippen LogP contribution in [-0.2, 0) is 11.2 Å². The van der Waals surface area contributed by atoms with Crippen LogP contribution < -0.4 is 25.9 Å². The maximum atomic E-state index is 13.5. The molecule has 0 fully saturated rings. The summed E-state index contributed by atoms with van der Waals surface area (Å²) < 4.78 is 12.5. The van der Waals surface area contributed by atoms with Crippen molar-refractivity contribution in [2.75, 3.05) is 38.2 Å². The van der Waals surface area contributed by atoms with Crippen LogP contribution in [0.1, 0.15) is 58.7 Å². The van der Waals surface area contributed by atoms with E-state index in [2.05, 4.69) is 29.4 Å². The minimum absolute atomic E-state index is 0.0490. The Morgan fingerprint density at radius 1 is 0.917 bits per heavy atom. The highest BCUT2D eigenvalue weighted by Crippen LogP contribution is 2.31. The van der Waals surface area contributed by atoms with Crippen molar-refractivity contribution in [3.05, 3.63) is 105 Å². The minimum Gasteiger partial charge on any atom is -0.497 e. The van der Waals surface area contributed by atoms with Crippen molar-refractivity contribution in [1.29, 1.82) is 0 Å². The van der Waals surface area contributed by atoms with Gasteiger partial charge in [0.15, 0.2) is 0 Å². The van der Waals surface area contributed by atoms with Gasteiger partial charge in [-0.15, -0.1) is 0 Å². The number of anilines is 1. The molecule has 0 atom stereocenters. The predicted molar refractivity (Wildman–Crippen MR) is 189 cm³/mol. The zero-order valence-electron chi connectivity index (χ0n) is 27.5. The Morgan fingerprint density at radius 3 is 2.31 bits per heavy atom. The van der Waals surface area contributed by atoms with Crippen LogP contribution in [0.25, 0.3) is 21.9 Å². The first-order valence-corrected chi connectivity index (χ1v) is 16.4. The summed E-state index contributed by atoms with van der Waals surface area (Å²) in [6.07, 6.45) is 1.26. The Bertz CT molecular complexity index is 2030. The molecule has 0 aliphatic carbocycles. The number of rotatable bonds is 13. The van der Waals surface area contributed by atoms with Crippen LogP contribution in [-0.4, -0.2) is 55.6 Å². The van der Waals surface area contributed by atoms with Crippen LogP contribution >= 0.6 is 11.6 Å². The lowest BCUT2D eigenvalue weighted by Crippen LogP contribution is -2.30. The second kappa shape index (κ2) is 15.2. The number of hydrogen-bond acceptors (Lipinski definition) is 7. The molecule has 5 aromatic rings. The third kappa shape index (κ3) is 7.39. The van der Waals surface area contributed by atoms with Gasteiger partial charge in [0.1, 0.15) is 16.9 Å². The lowest BCUT2D eigenvalue weighted by atomic mass is 10.1. The number of unbranched alkanes of at least 4 members (excludes halogenated alkanes) is 1. The van der Waals surface area contributed by atoms with Crippen molar-refractivity contribution in [2.24, 2.45) is 0 Å². The number of methoxy groups -OCH3 is 1. The Morgan fingerprint density at radius 2 is 1.62 bits per heavy atom. The van der Waals surface area contributed by atoms with E-state index < -0.39 is 11.5 Å². The number of nitrogens with zero attached hydrogens (tertiary/aromatic N) is 2. The number of ether oxygens (including phenoxy) is 1. The summed E-state index contributed by atoms with van der Waals surface area (Å²) in [5.41, 5.74) is 3.20. The van der Waals surface area contributed by atoms with Gasteiger partial charge in [-0.05, 0) is 99.8 Å². The average Bonchev–Trinajstić information content (AvgIpc) is 3.35. The second-order valence-electron chi connectivity index (χ2n) is 11.4. The topological polar surface area (TPSA) is 123 Å². The Hall–Kier alpha value is -5.09. The zero-order valence-corrected chi connectivity index (χ0v) is 28.3. The average molecular weight is 671 g/mol. The Kier molecular flexibility index (Phi) is 10.9. The van der Waals surface area contributed by atoms with Gasteiger partial charge in [0.2, 0.25) is 5.91 Å². The minimum atomic E-state index is -0.687. The summed E-state index contributed by atoms with van der Waals surface area (Å²) in [6.45, 7) is 8.30. The molecule has 0 unspecified atom stereocenters. The molecule has 0 aliphatic rings. The van der Waals surface area contributed by atoms with Crippen LogP contribution in [0.4, 0.5) is 5.69 Å². The van der Waals surface area contributed by atoms with E-state index in [1.54, 1.807) is 48.1 Å². The lowest BCUT2D eigenvalue weighted by Gasteiger charge is -2.21. The molecule has 0 spiro atoms. The normalized spacial score (nSPS) is 11.1. The lowest BCUT2D eigenvalue weighted by molar-refractivity contribution is -0.120. The SMILES string of the molecule is CCN(CC)c1ccc2cc(C(=O)NCCCCNC(=O)Cc3c(C)n(C(=O)c4ccc(Cl)cc4)c4ccc(OC)cc34)c(=O)oc2c1. The first-order valence-electron chi connectivity index (χ1n) is 16.0. The van der Waals surface area contributed by atoms with Gasteiger partial charge >= 0.3 is 5.63 Å². The van der Waals surface area contributed by atoms with Gasteiger partial charge in [-0.1, -0.05) is 11.6 Å². The van der Waals surface area contributed by atoms with Crippen LogP contribution in [0.3, 0.4) is 0 Å². The van der Waals surface area contributed by atoms with Crippen molar-refractivity contribution in [2.45, 2.75) is 40.0 Å². The van der Waals surface area contributed by atoms with Crippen LogP contribution in [0.15, 0.2) is 75.9 Å². The van der Waals surface area contributed by atoms with E-state index in [9.17, 15) is 19.2 Å². The van der Waals surface area contributed by atoms with Crippen molar-refractivity contribution in [3.8, 4) is 5.75 Å². The highest BCUT2D eigenvalue weighted by atomic mass is 35.5. The molecule has 3 aromatic carbocycles. The van der Waals surface area contributed by atoms with Gasteiger partial charge in [-0.25, -0.2) is 4.79 Å². The maximum absolute atomic E-state index is 13.5. The third-order valence-corrected chi connectivity index (χ3v) is 8.73. The van der Waals surface area contributed by atoms with E-state index in [1.807, 2.05) is 37.3 Å². The molecular weight excluding hydrogens is 632 g/mol. The summed E-state index contributed by atoms with van der Waals surface area (Å²) in [6, 6.07) is 19.3. The molecule has 0 saturated heterocycles. The highest BCUT2D eigenvalue weighted by Gasteiger charge is 2.22. The summed E-state index contributed by atoms with van der Waals surface area (Å²) in [4.78, 5) is 54.1. The number of amides is 2. The molecule has 48 heavy (non-hydrogen) atoms. The second-order valence-corrected chi connectivity index (χ2v) is 11.9. The van der Waals surface area contributed by atoms with E-state index in [4.69, 9.17) is 20.8 Å². The van der Waals surface area contributed by atoms with Gasteiger partial charge in [-0.2, -0.15) is 0 Å². The molecule has 2 aromatic heterocycles. The van der Waals surface area contributed by atoms with Crippen molar-refractivity contribution in [3.63, 3.8) is 0 Å². The number of fused-ring (bicyclic) bond motifs is 2. The number of carbonyl (C=O) groups is 3. The third-order valence-electron chi connectivity index (χ3n) is 8.48. The van der Waals surface area contributed by atoms with Crippen LogP contribution in [0.2, 0.25) is 5.02 Å². The molecule has 0 saturated carbocycles. The number of hydrogen-bond donors (Lipinski definition) is 2. The first-order chi connectivity index (χ1) is 23.1. The van der Waals surface area contributed by atoms with E-state index in [1.165, 1.54) is 0 Å². The van der Waals surface area contributed by atoms with E-state index in [0.29, 0.717) is 64.4 Å². The van der Waals surface area contributed by atoms with E-state index in [-0.39, 0.29) is 23.8 Å². The summed E-state index contributed by atoms with van der Waals surface area (Å²) >= 11 is 6.02. The molecule has 2 N–H and O–H groups in total. The summed E-state index contributed by atoms with van der Waals surface area (Å²) in [7, 11) is 1.57. The fourth-order valence-electron chi connectivity index (χ4n) is 5.84. The molecule has 2 amide bonds. The van der Waals surface area contributed by atoms with Gasteiger partial charge in [-0.3, -0.25) is 19.0 Å². The fraction of sp³-hybridized carbons (Fsp3) is 0.297. The number of carbonyl (C=O) groups excluding carboxylic acids is 3. The van der Waals surface area contributed by atoms with E-state index in [0.717, 1.165) is 29.7 Å². The van der Waals surface area contributed by atoms with Crippen molar-refractivity contribution >= 4 is 56.9 Å². The van der Waals surface area contributed by atoms with Crippen LogP contribution in [0, 0.1) is 6.92 Å². The van der Waals surface area contributed by atoms with Crippen LogP contribution in [0.5, 0.6) is 5.75 Å². The fourth-order valence-corrected chi connectivity index (χ4v) is 5.96. The predicted octanol–water partition coefficient (Wildman–Crippen LogP) is 6.12. The smallest absolute Gasteiger partial charge is 0.349 e. The molecule has 11 heteroatoms. The first kappa shape index (κ1) is 34.3. The summed E-state index contributed by atoms with van der Waals surface area (Å²) in [5, 5.41) is 7.68. The molecule has 2 heterocycles.